The van der Waals surface area contributed by atoms with Crippen LogP contribution in [0, 0.1) is 5.82 Å². The molecule has 1 N–H and O–H groups in total. The van der Waals surface area contributed by atoms with Crippen molar-refractivity contribution in [3.8, 4) is 0 Å². The van der Waals surface area contributed by atoms with Crippen molar-refractivity contribution in [2.45, 2.75) is 12.8 Å². The van der Waals surface area contributed by atoms with Gasteiger partial charge in [0.1, 0.15) is 11.5 Å². The number of halogens is 1. The number of aromatic amines is 1. The molecule has 84 valence electrons. The fraction of sp³-hybridized carbons (Fsp3) is 0.417. The normalized spacial score (nSPS) is 17.4. The first-order valence-electron chi connectivity index (χ1n) is 5.57. The maximum Gasteiger partial charge on any atom is 0.142 e. The van der Waals surface area contributed by atoms with Crippen LogP contribution in [-0.2, 0) is 12.8 Å². The molecule has 1 aliphatic heterocycles. The Kier molecular flexibility index (Phi) is 2.17. The molecule has 0 saturated heterocycles. The predicted molar refractivity (Wildman–Crippen MR) is 61.0 cm³/mol. The SMILES string of the molecule is CN1CCc2[nH]c3ncc(F)cc3c2CC1. The lowest BCUT2D eigenvalue weighted by atomic mass is 10.1. The van der Waals surface area contributed by atoms with Crippen molar-refractivity contribution >= 4 is 11.0 Å². The fourth-order valence-electron chi connectivity index (χ4n) is 2.37. The molecule has 2 aromatic rings. The number of hydrogen-bond acceptors (Lipinski definition) is 2. The molecule has 0 atom stereocenters. The minimum absolute atomic E-state index is 0.257. The molecule has 0 aliphatic carbocycles. The average molecular weight is 219 g/mol. The minimum Gasteiger partial charge on any atom is -0.343 e. The smallest absolute Gasteiger partial charge is 0.142 e. The predicted octanol–water partition coefficient (Wildman–Crippen LogP) is 1.73. The second-order valence-corrected chi connectivity index (χ2v) is 4.44. The van der Waals surface area contributed by atoms with E-state index < -0.39 is 0 Å². The quantitative estimate of drug-likeness (QED) is 0.731. The number of likely N-dealkylation sites (N-methyl/N-ethyl adjacent to an activating group) is 1. The van der Waals surface area contributed by atoms with Gasteiger partial charge in [-0.3, -0.25) is 0 Å². The summed E-state index contributed by atoms with van der Waals surface area (Å²) >= 11 is 0. The third kappa shape index (κ3) is 1.50. The number of aromatic nitrogens is 2. The summed E-state index contributed by atoms with van der Waals surface area (Å²) in [4.78, 5) is 9.69. The van der Waals surface area contributed by atoms with Crippen LogP contribution in [0.5, 0.6) is 0 Å². The van der Waals surface area contributed by atoms with Crippen LogP contribution in [0.1, 0.15) is 11.3 Å². The van der Waals surface area contributed by atoms with E-state index in [1.807, 2.05) is 0 Å². The molecule has 4 heteroatoms. The van der Waals surface area contributed by atoms with Gasteiger partial charge in [0.15, 0.2) is 0 Å². The third-order valence-electron chi connectivity index (χ3n) is 3.30. The number of pyridine rings is 1. The van der Waals surface area contributed by atoms with E-state index in [0.29, 0.717) is 0 Å². The zero-order valence-corrected chi connectivity index (χ0v) is 9.26. The topological polar surface area (TPSA) is 31.9 Å². The highest BCUT2D eigenvalue weighted by atomic mass is 19.1. The lowest BCUT2D eigenvalue weighted by Crippen LogP contribution is -2.21. The Bertz CT molecular complexity index is 532. The first-order valence-corrected chi connectivity index (χ1v) is 5.57. The molecule has 2 aromatic heterocycles. The summed E-state index contributed by atoms with van der Waals surface area (Å²) in [5, 5.41) is 0.949. The maximum absolute atomic E-state index is 13.2. The highest BCUT2D eigenvalue weighted by Crippen LogP contribution is 2.24. The van der Waals surface area contributed by atoms with E-state index in [9.17, 15) is 4.39 Å². The summed E-state index contributed by atoms with van der Waals surface area (Å²) < 4.78 is 13.2. The van der Waals surface area contributed by atoms with Gasteiger partial charge in [-0.1, -0.05) is 0 Å². The zero-order valence-electron chi connectivity index (χ0n) is 9.26. The second-order valence-electron chi connectivity index (χ2n) is 4.44. The van der Waals surface area contributed by atoms with Crippen molar-refractivity contribution in [3.05, 3.63) is 29.3 Å². The number of fused-ring (bicyclic) bond motifs is 3. The van der Waals surface area contributed by atoms with Crippen molar-refractivity contribution in [1.29, 1.82) is 0 Å². The van der Waals surface area contributed by atoms with Gasteiger partial charge in [0.25, 0.3) is 0 Å². The summed E-state index contributed by atoms with van der Waals surface area (Å²) in [7, 11) is 2.12. The van der Waals surface area contributed by atoms with Crippen LogP contribution in [0.25, 0.3) is 11.0 Å². The Hall–Kier alpha value is -1.42. The molecule has 3 rings (SSSR count). The standard InChI is InChI=1S/C12H14FN3/c1-16-4-2-9-10-6-8(13)7-14-12(10)15-11(9)3-5-16/h6-7H,2-5H2,1H3,(H,14,15). The van der Waals surface area contributed by atoms with Gasteiger partial charge in [-0.15, -0.1) is 0 Å². The van der Waals surface area contributed by atoms with Crippen LogP contribution in [0.2, 0.25) is 0 Å². The van der Waals surface area contributed by atoms with Crippen LogP contribution >= 0.6 is 0 Å². The Morgan fingerprint density at radius 3 is 3.06 bits per heavy atom. The summed E-state index contributed by atoms with van der Waals surface area (Å²) in [6.45, 7) is 2.07. The molecule has 3 nitrogen and oxygen atoms in total. The lowest BCUT2D eigenvalue weighted by Gasteiger charge is -2.11. The molecule has 0 bridgehead atoms. The molecule has 0 aromatic carbocycles. The molecule has 1 aliphatic rings. The number of nitrogens with one attached hydrogen (secondary N) is 1. The maximum atomic E-state index is 13.2. The van der Waals surface area contributed by atoms with E-state index in [4.69, 9.17) is 0 Å². The molecule has 16 heavy (non-hydrogen) atoms. The van der Waals surface area contributed by atoms with Gasteiger partial charge >= 0.3 is 0 Å². The van der Waals surface area contributed by atoms with E-state index >= 15 is 0 Å². The third-order valence-corrected chi connectivity index (χ3v) is 3.30. The van der Waals surface area contributed by atoms with Crippen LogP contribution in [-0.4, -0.2) is 35.0 Å². The molecule has 0 spiro atoms. The lowest BCUT2D eigenvalue weighted by molar-refractivity contribution is 0.352. The molecule has 0 fully saturated rings. The number of hydrogen-bond donors (Lipinski definition) is 1. The van der Waals surface area contributed by atoms with E-state index in [1.54, 1.807) is 6.07 Å². The van der Waals surface area contributed by atoms with Crippen molar-refractivity contribution in [2.24, 2.45) is 0 Å². The van der Waals surface area contributed by atoms with Crippen molar-refractivity contribution in [2.75, 3.05) is 20.1 Å². The second kappa shape index (κ2) is 3.56. The molecule has 0 unspecified atom stereocenters. The van der Waals surface area contributed by atoms with Crippen molar-refractivity contribution in [3.63, 3.8) is 0 Å². The minimum atomic E-state index is -0.257. The van der Waals surface area contributed by atoms with Crippen LogP contribution < -0.4 is 0 Å². The molecular formula is C12H14FN3. The summed E-state index contributed by atoms with van der Waals surface area (Å²) in [6.07, 6.45) is 3.23. The van der Waals surface area contributed by atoms with Gasteiger partial charge in [0, 0.05) is 30.6 Å². The number of nitrogens with zero attached hydrogens (tertiary/aromatic N) is 2. The van der Waals surface area contributed by atoms with Gasteiger partial charge in [0.2, 0.25) is 0 Å². The molecular weight excluding hydrogens is 205 g/mol. The Morgan fingerprint density at radius 2 is 2.19 bits per heavy atom. The van der Waals surface area contributed by atoms with E-state index in [-0.39, 0.29) is 5.82 Å². The summed E-state index contributed by atoms with van der Waals surface area (Å²) in [6, 6.07) is 1.59. The Labute approximate surface area is 93.3 Å². The number of H-pyrrole nitrogens is 1. The monoisotopic (exact) mass is 219 g/mol. The van der Waals surface area contributed by atoms with E-state index in [2.05, 4.69) is 21.9 Å². The molecule has 0 amide bonds. The number of rotatable bonds is 0. The van der Waals surface area contributed by atoms with Crippen LogP contribution in [0.15, 0.2) is 12.3 Å². The van der Waals surface area contributed by atoms with Crippen molar-refractivity contribution in [1.82, 2.24) is 14.9 Å². The van der Waals surface area contributed by atoms with Crippen LogP contribution in [0.4, 0.5) is 4.39 Å². The highest BCUT2D eigenvalue weighted by Gasteiger charge is 2.17. The van der Waals surface area contributed by atoms with Gasteiger partial charge < -0.3 is 9.88 Å². The first kappa shape index (κ1) is 9.78. The molecule has 0 radical (unpaired) electrons. The Morgan fingerprint density at radius 1 is 1.38 bits per heavy atom. The first-order chi connectivity index (χ1) is 7.74. The zero-order chi connectivity index (χ0) is 11.1. The van der Waals surface area contributed by atoms with Gasteiger partial charge in [0.05, 0.1) is 6.20 Å². The highest BCUT2D eigenvalue weighted by molar-refractivity contribution is 5.81. The molecule has 3 heterocycles. The van der Waals surface area contributed by atoms with E-state index in [1.165, 1.54) is 17.5 Å². The van der Waals surface area contributed by atoms with Crippen molar-refractivity contribution < 1.29 is 4.39 Å². The fourth-order valence-corrected chi connectivity index (χ4v) is 2.37. The summed E-state index contributed by atoms with van der Waals surface area (Å²) in [5.41, 5.74) is 3.28. The van der Waals surface area contributed by atoms with Gasteiger partial charge in [-0.25, -0.2) is 9.37 Å². The molecule has 0 saturated carbocycles. The largest absolute Gasteiger partial charge is 0.343 e. The van der Waals surface area contributed by atoms with Gasteiger partial charge in [-0.2, -0.15) is 0 Å². The van der Waals surface area contributed by atoms with Gasteiger partial charge in [-0.05, 0) is 25.1 Å². The summed E-state index contributed by atoms with van der Waals surface area (Å²) in [5.74, 6) is -0.257. The average Bonchev–Trinajstić information content (AvgIpc) is 2.50. The van der Waals surface area contributed by atoms with Crippen LogP contribution in [0.3, 0.4) is 0 Å². The Balaban J connectivity index is 2.16. The van der Waals surface area contributed by atoms with E-state index in [0.717, 1.165) is 37.0 Å².